The van der Waals surface area contributed by atoms with Gasteiger partial charge >= 0.3 is 6.03 Å². The molecule has 1 saturated heterocycles. The fourth-order valence-electron chi connectivity index (χ4n) is 3.16. The summed E-state index contributed by atoms with van der Waals surface area (Å²) in [5.41, 5.74) is 7.53. The van der Waals surface area contributed by atoms with E-state index in [4.69, 9.17) is 17.3 Å². The average molecular weight is 404 g/mol. The quantitative estimate of drug-likeness (QED) is 0.775. The molecule has 142 valence electrons. The van der Waals surface area contributed by atoms with Crippen LogP contribution in [-0.2, 0) is 4.79 Å². The Labute approximate surface area is 168 Å². The second kappa shape index (κ2) is 9.15. The van der Waals surface area contributed by atoms with Crippen LogP contribution < -0.4 is 11.1 Å². The molecule has 1 heterocycles. The van der Waals surface area contributed by atoms with E-state index in [-0.39, 0.29) is 17.2 Å². The van der Waals surface area contributed by atoms with Crippen molar-refractivity contribution in [2.45, 2.75) is 17.7 Å². The van der Waals surface area contributed by atoms with Gasteiger partial charge in [0.2, 0.25) is 5.91 Å². The molecule has 1 fully saturated rings. The van der Waals surface area contributed by atoms with Gasteiger partial charge < -0.3 is 16.0 Å². The highest BCUT2D eigenvalue weighted by molar-refractivity contribution is 8.00. The number of benzene rings is 2. The molecule has 7 heteroatoms. The molecular weight excluding hydrogens is 382 g/mol. The zero-order valence-corrected chi connectivity index (χ0v) is 16.4. The van der Waals surface area contributed by atoms with Crippen molar-refractivity contribution in [2.75, 3.05) is 18.8 Å². The first-order valence-electron chi connectivity index (χ1n) is 8.78. The number of hydrogen-bond acceptors (Lipinski definition) is 3. The smallest absolute Gasteiger partial charge is 0.314 e. The minimum Gasteiger partial charge on any atom is -0.351 e. The van der Waals surface area contributed by atoms with Crippen LogP contribution in [0.4, 0.5) is 4.79 Å². The van der Waals surface area contributed by atoms with Crippen molar-refractivity contribution in [3.8, 4) is 0 Å². The van der Waals surface area contributed by atoms with Gasteiger partial charge in [-0.3, -0.25) is 4.79 Å². The lowest BCUT2D eigenvalue weighted by atomic mass is 10.0. The van der Waals surface area contributed by atoms with E-state index in [9.17, 15) is 9.59 Å². The number of primary amides is 1. The Bertz CT molecular complexity index is 786. The van der Waals surface area contributed by atoms with Gasteiger partial charge in [0.1, 0.15) is 0 Å². The molecule has 1 aliphatic rings. The number of nitrogens with one attached hydrogen (secondary N) is 1. The number of carbonyl (C=O) groups excluding carboxylic acids is 2. The summed E-state index contributed by atoms with van der Waals surface area (Å²) in [6, 6.07) is 17.3. The Balaban J connectivity index is 1.62. The van der Waals surface area contributed by atoms with Crippen LogP contribution in [-0.4, -0.2) is 41.7 Å². The van der Waals surface area contributed by atoms with Gasteiger partial charge in [-0.05, 0) is 29.7 Å². The number of halogens is 1. The molecule has 27 heavy (non-hydrogen) atoms. The van der Waals surface area contributed by atoms with Crippen molar-refractivity contribution in [3.05, 3.63) is 70.7 Å². The Morgan fingerprint density at radius 1 is 1.15 bits per heavy atom. The third-order valence-corrected chi connectivity index (χ3v) is 6.08. The van der Waals surface area contributed by atoms with Crippen molar-refractivity contribution in [2.24, 2.45) is 5.73 Å². The Hall–Kier alpha value is -2.18. The van der Waals surface area contributed by atoms with Crippen LogP contribution in [0.25, 0.3) is 0 Å². The molecule has 2 aromatic rings. The van der Waals surface area contributed by atoms with E-state index in [1.807, 2.05) is 42.5 Å². The third kappa shape index (κ3) is 5.40. The van der Waals surface area contributed by atoms with Gasteiger partial charge in [-0.2, -0.15) is 0 Å². The Morgan fingerprint density at radius 2 is 1.81 bits per heavy atom. The first-order valence-corrected chi connectivity index (χ1v) is 10.2. The van der Waals surface area contributed by atoms with Crippen molar-refractivity contribution in [1.29, 1.82) is 0 Å². The number of carbonyl (C=O) groups is 2. The molecule has 0 bridgehead atoms. The highest BCUT2D eigenvalue weighted by atomic mass is 35.5. The highest BCUT2D eigenvalue weighted by Gasteiger charge is 2.26. The van der Waals surface area contributed by atoms with Crippen LogP contribution in [0.5, 0.6) is 0 Å². The van der Waals surface area contributed by atoms with E-state index < -0.39 is 6.03 Å². The number of urea groups is 1. The summed E-state index contributed by atoms with van der Waals surface area (Å²) < 4.78 is 0. The van der Waals surface area contributed by atoms with E-state index in [1.54, 1.807) is 16.7 Å². The predicted octanol–water partition coefficient (Wildman–Crippen LogP) is 3.43. The first kappa shape index (κ1) is 19.6. The summed E-state index contributed by atoms with van der Waals surface area (Å²) in [4.78, 5) is 25.2. The molecule has 3 rings (SSSR count). The first-order chi connectivity index (χ1) is 13.0. The molecule has 0 aromatic heterocycles. The molecule has 5 nitrogen and oxygen atoms in total. The third-order valence-electron chi connectivity index (χ3n) is 4.52. The second-order valence-corrected chi connectivity index (χ2v) is 8.02. The van der Waals surface area contributed by atoms with Gasteiger partial charge in [0.25, 0.3) is 0 Å². The van der Waals surface area contributed by atoms with Gasteiger partial charge in [-0.25, -0.2) is 4.79 Å². The summed E-state index contributed by atoms with van der Waals surface area (Å²) in [5, 5.41) is 3.73. The fraction of sp³-hybridized carbons (Fsp3) is 0.300. The van der Waals surface area contributed by atoms with Crippen LogP contribution in [0.15, 0.2) is 54.6 Å². The van der Waals surface area contributed by atoms with Gasteiger partial charge in [-0.1, -0.05) is 54.1 Å². The minimum absolute atomic E-state index is 0.0312. The van der Waals surface area contributed by atoms with Crippen LogP contribution in [0, 0.1) is 0 Å². The van der Waals surface area contributed by atoms with E-state index >= 15 is 0 Å². The number of amides is 3. The zero-order valence-electron chi connectivity index (χ0n) is 14.8. The van der Waals surface area contributed by atoms with Crippen LogP contribution in [0.3, 0.4) is 0 Å². The number of hydrogen-bond donors (Lipinski definition) is 2. The normalized spacial score (nSPS) is 17.5. The van der Waals surface area contributed by atoms with Crippen molar-refractivity contribution < 1.29 is 9.59 Å². The molecule has 0 radical (unpaired) electrons. The maximum absolute atomic E-state index is 12.4. The van der Waals surface area contributed by atoms with Crippen molar-refractivity contribution in [3.63, 3.8) is 0 Å². The average Bonchev–Trinajstić information content (AvgIpc) is 3.13. The number of nitrogens with two attached hydrogens (primary N) is 1. The summed E-state index contributed by atoms with van der Waals surface area (Å²) in [6.07, 6.45) is 0.735. The van der Waals surface area contributed by atoms with Gasteiger partial charge in [0.05, 0.1) is 11.0 Å². The number of nitrogens with zero attached hydrogens (tertiary/aromatic N) is 1. The highest BCUT2D eigenvalue weighted by Crippen LogP contribution is 2.35. The molecule has 2 atom stereocenters. The lowest BCUT2D eigenvalue weighted by molar-refractivity contribution is -0.119. The monoisotopic (exact) mass is 403 g/mol. The summed E-state index contributed by atoms with van der Waals surface area (Å²) in [7, 11) is 0. The van der Waals surface area contributed by atoms with Crippen LogP contribution in [0.1, 0.15) is 22.8 Å². The van der Waals surface area contributed by atoms with E-state index in [0.29, 0.717) is 23.9 Å². The van der Waals surface area contributed by atoms with Gasteiger partial charge in [0, 0.05) is 24.2 Å². The number of thioether (sulfide) groups is 1. The molecule has 1 aliphatic heterocycles. The van der Waals surface area contributed by atoms with Crippen molar-refractivity contribution >= 4 is 35.3 Å². The molecule has 0 unspecified atom stereocenters. The summed E-state index contributed by atoms with van der Waals surface area (Å²) in [6.45, 7) is 1.07. The predicted molar refractivity (Wildman–Crippen MR) is 110 cm³/mol. The van der Waals surface area contributed by atoms with Gasteiger partial charge in [-0.15, -0.1) is 11.8 Å². The van der Waals surface area contributed by atoms with E-state index in [0.717, 1.165) is 17.5 Å². The molecule has 2 aromatic carbocycles. The lowest BCUT2D eigenvalue weighted by Gasteiger charge is -2.19. The SMILES string of the molecule is NC(=O)N1CC[C@@H](NC(=O)CS[C@@H](c2ccccc2)c2ccc(Cl)cc2)C1. The second-order valence-electron chi connectivity index (χ2n) is 6.49. The molecule has 3 N–H and O–H groups in total. The van der Waals surface area contributed by atoms with Crippen molar-refractivity contribution in [1.82, 2.24) is 10.2 Å². The Kier molecular flexibility index (Phi) is 6.63. The molecule has 0 aliphatic carbocycles. The fourth-order valence-corrected chi connectivity index (χ4v) is 4.38. The lowest BCUT2D eigenvalue weighted by Crippen LogP contribution is -2.40. The van der Waals surface area contributed by atoms with Gasteiger partial charge in [0.15, 0.2) is 0 Å². The molecule has 3 amide bonds. The largest absolute Gasteiger partial charge is 0.351 e. The molecule has 0 saturated carbocycles. The molecular formula is C20H22ClN3O2S. The summed E-state index contributed by atoms with van der Waals surface area (Å²) in [5.74, 6) is 0.293. The standard InChI is InChI=1S/C20H22ClN3O2S/c21-16-8-6-15(7-9-16)19(14-4-2-1-3-5-14)27-13-18(25)23-17-10-11-24(12-17)20(22)26/h1-9,17,19H,10-13H2,(H2,22,26)(H,23,25)/t17-,19+/m1/s1. The summed E-state index contributed by atoms with van der Waals surface area (Å²) >= 11 is 7.58. The van der Waals surface area contributed by atoms with E-state index in [2.05, 4.69) is 17.4 Å². The number of rotatable bonds is 6. The zero-order chi connectivity index (χ0) is 19.2. The minimum atomic E-state index is -0.437. The maximum atomic E-state index is 12.4. The van der Waals surface area contributed by atoms with Crippen LogP contribution >= 0.6 is 23.4 Å². The molecule has 0 spiro atoms. The number of likely N-dealkylation sites (tertiary alicyclic amines) is 1. The maximum Gasteiger partial charge on any atom is 0.314 e. The van der Waals surface area contributed by atoms with Crippen LogP contribution in [0.2, 0.25) is 5.02 Å². The van der Waals surface area contributed by atoms with E-state index in [1.165, 1.54) is 0 Å². The topological polar surface area (TPSA) is 75.4 Å². The Morgan fingerprint density at radius 3 is 2.44 bits per heavy atom.